The zero-order valence-corrected chi connectivity index (χ0v) is 17.8. The first kappa shape index (κ1) is 21.1. The highest BCUT2D eigenvalue weighted by Gasteiger charge is 2.09. The zero-order chi connectivity index (χ0) is 22.5. The van der Waals surface area contributed by atoms with E-state index in [2.05, 4.69) is 20.6 Å². The molecule has 7 nitrogen and oxygen atoms in total. The van der Waals surface area contributed by atoms with Crippen LogP contribution in [-0.4, -0.2) is 28.2 Å². The summed E-state index contributed by atoms with van der Waals surface area (Å²) in [6, 6.07) is 19.0. The Morgan fingerprint density at radius 3 is 2.66 bits per heavy atom. The Morgan fingerprint density at radius 1 is 1.03 bits per heavy atom. The molecule has 0 amide bonds. The van der Waals surface area contributed by atoms with E-state index in [-0.39, 0.29) is 0 Å². The summed E-state index contributed by atoms with van der Waals surface area (Å²) in [7, 11) is 1.57. The number of carboxylic acids is 1. The van der Waals surface area contributed by atoms with E-state index in [0.29, 0.717) is 16.6 Å². The number of methoxy groups -OCH3 is 1. The van der Waals surface area contributed by atoms with Gasteiger partial charge in [0.2, 0.25) is 0 Å². The molecule has 0 fully saturated rings. The molecule has 1 aromatic heterocycles. The highest BCUT2D eigenvalue weighted by atomic mass is 35.5. The molecule has 0 aliphatic heterocycles. The molecule has 0 unspecified atom stereocenters. The fourth-order valence-electron chi connectivity index (χ4n) is 3.21. The van der Waals surface area contributed by atoms with Crippen LogP contribution in [0.3, 0.4) is 0 Å². The first-order valence-corrected chi connectivity index (χ1v) is 10.0. The van der Waals surface area contributed by atoms with Crippen molar-refractivity contribution in [3.63, 3.8) is 0 Å². The molecule has 0 aliphatic carbocycles. The normalized spacial score (nSPS) is 10.9. The van der Waals surface area contributed by atoms with Crippen molar-refractivity contribution < 1.29 is 14.6 Å². The molecule has 4 aromatic rings. The first-order chi connectivity index (χ1) is 15.5. The number of ether oxygens (including phenoxy) is 1. The molecule has 32 heavy (non-hydrogen) atoms. The fraction of sp³-hybridized carbons (Fsp3) is 0.0417. The minimum Gasteiger partial charge on any atom is -0.495 e. The molecule has 3 aromatic carbocycles. The lowest BCUT2D eigenvalue weighted by atomic mass is 10.0. The molecule has 3 N–H and O–H groups in total. The SMILES string of the molecule is COc1ccc(Nc2ncnc3ccc(-c4cccc(N/C=C/C(=O)O)c4)cc23)cc1Cl. The lowest BCUT2D eigenvalue weighted by molar-refractivity contribution is -0.131. The number of benzene rings is 3. The average molecular weight is 447 g/mol. The Bertz CT molecular complexity index is 1320. The van der Waals surface area contributed by atoms with E-state index in [1.807, 2.05) is 48.5 Å². The minimum atomic E-state index is -1.01. The highest BCUT2D eigenvalue weighted by molar-refractivity contribution is 6.32. The molecule has 0 saturated carbocycles. The van der Waals surface area contributed by atoms with Crippen LogP contribution in [0, 0.1) is 0 Å². The summed E-state index contributed by atoms with van der Waals surface area (Å²) in [5.41, 5.74) is 4.27. The summed E-state index contributed by atoms with van der Waals surface area (Å²) in [6.07, 6.45) is 3.94. The minimum absolute atomic E-state index is 0.498. The number of carbonyl (C=O) groups is 1. The number of nitrogens with one attached hydrogen (secondary N) is 2. The summed E-state index contributed by atoms with van der Waals surface area (Å²) >= 11 is 6.25. The second kappa shape index (κ2) is 9.36. The van der Waals surface area contributed by atoms with Crippen molar-refractivity contribution in [2.75, 3.05) is 17.7 Å². The van der Waals surface area contributed by atoms with Gasteiger partial charge in [-0.1, -0.05) is 29.8 Å². The van der Waals surface area contributed by atoms with Crippen LogP contribution in [0.15, 0.2) is 79.3 Å². The number of hydrogen-bond acceptors (Lipinski definition) is 6. The quantitative estimate of drug-likeness (QED) is 0.313. The molecular formula is C24H19ClN4O3. The highest BCUT2D eigenvalue weighted by Crippen LogP contribution is 2.32. The van der Waals surface area contributed by atoms with Gasteiger partial charge >= 0.3 is 5.97 Å². The van der Waals surface area contributed by atoms with Crippen LogP contribution >= 0.6 is 11.6 Å². The number of anilines is 3. The Kier molecular flexibility index (Phi) is 6.19. The van der Waals surface area contributed by atoms with Crippen LogP contribution in [0.5, 0.6) is 5.75 Å². The van der Waals surface area contributed by atoms with Gasteiger partial charge < -0.3 is 20.5 Å². The smallest absolute Gasteiger partial charge is 0.329 e. The van der Waals surface area contributed by atoms with Crippen molar-refractivity contribution in [1.29, 1.82) is 0 Å². The first-order valence-electron chi connectivity index (χ1n) is 9.65. The molecule has 0 saturated heterocycles. The summed E-state index contributed by atoms with van der Waals surface area (Å²) in [4.78, 5) is 19.4. The third-order valence-electron chi connectivity index (χ3n) is 4.72. The number of fused-ring (bicyclic) bond motifs is 1. The molecule has 1 heterocycles. The average Bonchev–Trinajstić information content (AvgIpc) is 2.79. The van der Waals surface area contributed by atoms with Gasteiger partial charge in [-0.2, -0.15) is 0 Å². The van der Waals surface area contributed by atoms with Crippen LogP contribution in [0.25, 0.3) is 22.0 Å². The largest absolute Gasteiger partial charge is 0.495 e. The van der Waals surface area contributed by atoms with E-state index >= 15 is 0 Å². The molecule has 0 aliphatic rings. The van der Waals surface area contributed by atoms with Crippen molar-refractivity contribution in [3.8, 4) is 16.9 Å². The van der Waals surface area contributed by atoms with Gasteiger partial charge in [-0.3, -0.25) is 0 Å². The van der Waals surface area contributed by atoms with E-state index in [0.717, 1.165) is 39.5 Å². The number of nitrogens with zero attached hydrogens (tertiary/aromatic N) is 2. The summed E-state index contributed by atoms with van der Waals surface area (Å²) < 4.78 is 5.21. The van der Waals surface area contributed by atoms with Crippen molar-refractivity contribution in [3.05, 3.63) is 84.3 Å². The second-order valence-corrected chi connectivity index (χ2v) is 7.23. The molecule has 0 radical (unpaired) electrons. The molecule has 8 heteroatoms. The second-order valence-electron chi connectivity index (χ2n) is 6.83. The Morgan fingerprint density at radius 2 is 1.88 bits per heavy atom. The van der Waals surface area contributed by atoms with Crippen LogP contribution in [0.4, 0.5) is 17.2 Å². The van der Waals surface area contributed by atoms with Crippen LogP contribution in [0.2, 0.25) is 5.02 Å². The van der Waals surface area contributed by atoms with Gasteiger partial charge in [-0.25, -0.2) is 14.8 Å². The maximum Gasteiger partial charge on any atom is 0.329 e. The third kappa shape index (κ3) is 4.79. The van der Waals surface area contributed by atoms with E-state index in [1.165, 1.54) is 12.5 Å². The maximum atomic E-state index is 10.7. The molecule has 160 valence electrons. The predicted octanol–water partition coefficient (Wildman–Crippen LogP) is 5.71. The van der Waals surface area contributed by atoms with Crippen LogP contribution < -0.4 is 15.4 Å². The Labute approximate surface area is 189 Å². The van der Waals surface area contributed by atoms with Gasteiger partial charge in [-0.15, -0.1) is 0 Å². The Hall–Kier alpha value is -4.10. The molecule has 0 spiro atoms. The van der Waals surface area contributed by atoms with Gasteiger partial charge in [0.05, 0.1) is 17.6 Å². The fourth-order valence-corrected chi connectivity index (χ4v) is 3.47. The Balaban J connectivity index is 1.67. The number of aromatic nitrogens is 2. The van der Waals surface area contributed by atoms with E-state index in [1.54, 1.807) is 19.2 Å². The zero-order valence-electron chi connectivity index (χ0n) is 17.0. The van der Waals surface area contributed by atoms with Crippen molar-refractivity contribution in [1.82, 2.24) is 9.97 Å². The summed E-state index contributed by atoms with van der Waals surface area (Å²) in [5, 5.41) is 16.3. The topological polar surface area (TPSA) is 96.4 Å². The number of aliphatic carboxylic acids is 1. The monoisotopic (exact) mass is 446 g/mol. The maximum absolute atomic E-state index is 10.7. The molecule has 4 rings (SSSR count). The predicted molar refractivity (Wildman–Crippen MR) is 127 cm³/mol. The van der Waals surface area contributed by atoms with Gasteiger partial charge in [0.25, 0.3) is 0 Å². The van der Waals surface area contributed by atoms with Gasteiger partial charge in [-0.05, 0) is 53.6 Å². The van der Waals surface area contributed by atoms with E-state index in [9.17, 15) is 4.79 Å². The van der Waals surface area contributed by atoms with E-state index < -0.39 is 5.97 Å². The third-order valence-corrected chi connectivity index (χ3v) is 5.02. The van der Waals surface area contributed by atoms with E-state index in [4.69, 9.17) is 21.4 Å². The van der Waals surface area contributed by atoms with Gasteiger partial charge in [0.1, 0.15) is 17.9 Å². The molecule has 0 atom stereocenters. The lowest BCUT2D eigenvalue weighted by Crippen LogP contribution is -1.97. The van der Waals surface area contributed by atoms with Gasteiger partial charge in [0.15, 0.2) is 0 Å². The number of carboxylic acid groups (broad SMARTS) is 1. The van der Waals surface area contributed by atoms with Crippen LogP contribution in [0.1, 0.15) is 0 Å². The number of halogens is 1. The number of hydrogen-bond donors (Lipinski definition) is 3. The standard InChI is InChI=1S/C24H19ClN4O3/c1-32-22-8-6-18(13-20(22)25)29-24-19-12-16(5-7-21(19)27-14-28-24)15-3-2-4-17(11-15)26-10-9-23(30)31/h2-14,26H,1H3,(H,30,31)(H,27,28,29)/b10-9+. The van der Waals surface area contributed by atoms with Gasteiger partial charge in [0, 0.05) is 29.0 Å². The molecule has 0 bridgehead atoms. The number of rotatable bonds is 7. The van der Waals surface area contributed by atoms with Crippen molar-refractivity contribution in [2.24, 2.45) is 0 Å². The van der Waals surface area contributed by atoms with Crippen molar-refractivity contribution in [2.45, 2.75) is 0 Å². The lowest BCUT2D eigenvalue weighted by Gasteiger charge is -2.12. The summed E-state index contributed by atoms with van der Waals surface area (Å²) in [6.45, 7) is 0. The molecular weight excluding hydrogens is 428 g/mol. The van der Waals surface area contributed by atoms with Crippen LogP contribution in [-0.2, 0) is 4.79 Å². The summed E-state index contributed by atoms with van der Waals surface area (Å²) in [5.74, 6) is 0.233. The van der Waals surface area contributed by atoms with Crippen molar-refractivity contribution >= 4 is 45.7 Å².